The summed E-state index contributed by atoms with van der Waals surface area (Å²) in [6.07, 6.45) is -4.39. The largest absolute Gasteiger partial charge is 0.411 e. The Kier molecular flexibility index (Phi) is 4.24. The van der Waals surface area contributed by atoms with Gasteiger partial charge >= 0.3 is 6.18 Å². The summed E-state index contributed by atoms with van der Waals surface area (Å²) in [5, 5.41) is 0. The van der Waals surface area contributed by atoms with Gasteiger partial charge in [0, 0.05) is 5.56 Å². The molecule has 21 heavy (non-hydrogen) atoms. The number of amidine groups is 1. The Morgan fingerprint density at radius 3 is 2.67 bits per heavy atom. The van der Waals surface area contributed by atoms with Gasteiger partial charge in [0.15, 0.2) is 0 Å². The van der Waals surface area contributed by atoms with Crippen molar-refractivity contribution in [2.45, 2.75) is 24.0 Å². The molecule has 0 amide bonds. The summed E-state index contributed by atoms with van der Waals surface area (Å²) >= 11 is 0. The first-order chi connectivity index (χ1) is 9.69. The molecule has 1 aromatic carbocycles. The van der Waals surface area contributed by atoms with E-state index < -0.39 is 28.8 Å². The van der Waals surface area contributed by atoms with Gasteiger partial charge in [-0.3, -0.25) is 9.71 Å². The predicted octanol–water partition coefficient (Wildman–Crippen LogP) is 1.69. The quantitative estimate of drug-likeness (QED) is 0.917. The molecule has 1 atom stereocenters. The summed E-state index contributed by atoms with van der Waals surface area (Å²) in [7, 11) is -3.65. The van der Waals surface area contributed by atoms with Crippen molar-refractivity contribution < 1.29 is 26.3 Å². The topological polar surface area (TPSA) is 67.8 Å². The fourth-order valence-electron chi connectivity index (χ4n) is 1.83. The van der Waals surface area contributed by atoms with Crippen LogP contribution in [0.4, 0.5) is 13.2 Å². The highest BCUT2D eigenvalue weighted by Crippen LogP contribution is 2.22. The van der Waals surface area contributed by atoms with Gasteiger partial charge < -0.3 is 4.74 Å². The van der Waals surface area contributed by atoms with Crippen LogP contribution >= 0.6 is 0 Å². The molecule has 1 aromatic rings. The van der Waals surface area contributed by atoms with Crippen LogP contribution in [0, 0.1) is 0 Å². The number of nitrogens with one attached hydrogen (secondary N) is 1. The van der Waals surface area contributed by atoms with Crippen molar-refractivity contribution in [1.82, 2.24) is 4.72 Å². The molecule has 0 aliphatic carbocycles. The Balaban J connectivity index is 2.09. The Hall–Kier alpha value is -1.61. The minimum absolute atomic E-state index is 0.104. The van der Waals surface area contributed by atoms with Crippen LogP contribution in [0.1, 0.15) is 12.5 Å². The molecular formula is C12H13F3N2O3S. The van der Waals surface area contributed by atoms with Crippen LogP contribution in [0.3, 0.4) is 0 Å². The van der Waals surface area contributed by atoms with E-state index in [0.29, 0.717) is 5.56 Å². The first kappa shape index (κ1) is 15.8. The Labute approximate surface area is 119 Å². The smallest absolute Gasteiger partial charge is 0.370 e. The molecule has 0 radical (unpaired) electrons. The van der Waals surface area contributed by atoms with Gasteiger partial charge in [-0.2, -0.15) is 13.2 Å². The molecule has 2 rings (SSSR count). The SMILES string of the molecule is C[C@H](COCC(F)(F)F)N=C1NS(=O)(=O)c2ccccc21. The third kappa shape index (κ3) is 3.94. The minimum atomic E-state index is -4.39. The number of rotatable bonds is 4. The maximum atomic E-state index is 12.0. The number of hydrogen-bond acceptors (Lipinski definition) is 4. The van der Waals surface area contributed by atoms with Crippen LogP contribution in [0.15, 0.2) is 34.2 Å². The number of fused-ring (bicyclic) bond motifs is 1. The highest BCUT2D eigenvalue weighted by atomic mass is 32.2. The molecule has 0 saturated heterocycles. The van der Waals surface area contributed by atoms with Crippen molar-refractivity contribution in [2.75, 3.05) is 13.2 Å². The number of sulfonamides is 1. The third-order valence-corrected chi connectivity index (χ3v) is 4.03. The van der Waals surface area contributed by atoms with Gasteiger partial charge in [-0.1, -0.05) is 12.1 Å². The molecule has 9 heteroatoms. The molecule has 0 unspecified atom stereocenters. The molecule has 0 bridgehead atoms. The zero-order valence-corrected chi connectivity index (χ0v) is 11.8. The zero-order chi connectivity index (χ0) is 15.7. The van der Waals surface area contributed by atoms with Crippen LogP contribution < -0.4 is 4.72 Å². The number of ether oxygens (including phenoxy) is 1. The van der Waals surface area contributed by atoms with E-state index in [1.165, 1.54) is 6.07 Å². The Morgan fingerprint density at radius 1 is 1.33 bits per heavy atom. The Morgan fingerprint density at radius 2 is 2.00 bits per heavy atom. The lowest BCUT2D eigenvalue weighted by Gasteiger charge is -2.11. The van der Waals surface area contributed by atoms with E-state index in [1.54, 1.807) is 25.1 Å². The molecule has 1 aliphatic heterocycles. The molecule has 5 nitrogen and oxygen atoms in total. The van der Waals surface area contributed by atoms with Crippen molar-refractivity contribution in [3.05, 3.63) is 29.8 Å². The van der Waals surface area contributed by atoms with E-state index in [0.717, 1.165) is 0 Å². The van der Waals surface area contributed by atoms with Crippen molar-refractivity contribution in [2.24, 2.45) is 4.99 Å². The van der Waals surface area contributed by atoms with Gasteiger partial charge in [-0.15, -0.1) is 0 Å². The first-order valence-corrected chi connectivity index (χ1v) is 7.52. The van der Waals surface area contributed by atoms with Crippen LogP contribution in [-0.2, 0) is 14.8 Å². The molecule has 0 spiro atoms. The second-order valence-corrected chi connectivity index (χ2v) is 6.21. The molecule has 1 N–H and O–H groups in total. The van der Waals surface area contributed by atoms with Gasteiger partial charge in [0.25, 0.3) is 10.0 Å². The molecule has 0 aromatic heterocycles. The molecule has 1 heterocycles. The van der Waals surface area contributed by atoms with Gasteiger partial charge in [-0.25, -0.2) is 8.42 Å². The van der Waals surface area contributed by atoms with Gasteiger partial charge in [0.2, 0.25) is 0 Å². The fraction of sp³-hybridized carbons (Fsp3) is 0.417. The number of halogens is 3. The first-order valence-electron chi connectivity index (χ1n) is 6.03. The Bertz CT molecular complexity index is 656. The second kappa shape index (κ2) is 5.64. The third-order valence-electron chi connectivity index (χ3n) is 2.64. The normalized spacial score (nSPS) is 20.1. The van der Waals surface area contributed by atoms with E-state index in [-0.39, 0.29) is 17.3 Å². The van der Waals surface area contributed by atoms with E-state index in [2.05, 4.69) is 14.5 Å². The molecule has 1 aliphatic rings. The van der Waals surface area contributed by atoms with Crippen molar-refractivity contribution in [3.8, 4) is 0 Å². The van der Waals surface area contributed by atoms with E-state index >= 15 is 0 Å². The molecule has 0 fully saturated rings. The average molecular weight is 322 g/mol. The van der Waals surface area contributed by atoms with Crippen LogP contribution in [0.25, 0.3) is 0 Å². The minimum Gasteiger partial charge on any atom is -0.370 e. The molecule has 116 valence electrons. The van der Waals surface area contributed by atoms with E-state index in [4.69, 9.17) is 0 Å². The fourth-order valence-corrected chi connectivity index (χ4v) is 3.07. The van der Waals surface area contributed by atoms with Crippen molar-refractivity contribution in [1.29, 1.82) is 0 Å². The van der Waals surface area contributed by atoms with Crippen LogP contribution in [-0.4, -0.2) is 39.7 Å². The van der Waals surface area contributed by atoms with Crippen LogP contribution in [0.5, 0.6) is 0 Å². The lowest BCUT2D eigenvalue weighted by atomic mass is 10.2. The summed E-state index contributed by atoms with van der Waals surface area (Å²) in [5.41, 5.74) is 0.403. The monoisotopic (exact) mass is 322 g/mol. The summed E-state index contributed by atoms with van der Waals surface area (Å²) in [6.45, 7) is -0.0734. The van der Waals surface area contributed by atoms with Gasteiger partial charge in [-0.05, 0) is 19.1 Å². The number of aliphatic imine (C=N–C) groups is 1. The number of benzene rings is 1. The van der Waals surface area contributed by atoms with Gasteiger partial charge in [0.1, 0.15) is 12.4 Å². The second-order valence-electron chi connectivity index (χ2n) is 4.56. The van der Waals surface area contributed by atoms with Crippen molar-refractivity contribution in [3.63, 3.8) is 0 Å². The summed E-state index contributed by atoms with van der Waals surface area (Å²) < 4.78 is 66.3. The number of hydrogen-bond donors (Lipinski definition) is 1. The highest BCUT2D eigenvalue weighted by Gasteiger charge is 2.31. The lowest BCUT2D eigenvalue weighted by molar-refractivity contribution is -0.174. The summed E-state index contributed by atoms with van der Waals surface area (Å²) in [5.74, 6) is 0.119. The zero-order valence-electron chi connectivity index (χ0n) is 11.0. The summed E-state index contributed by atoms with van der Waals surface area (Å²) in [6, 6.07) is 5.63. The van der Waals surface area contributed by atoms with Gasteiger partial charge in [0.05, 0.1) is 17.5 Å². The van der Waals surface area contributed by atoms with Crippen LogP contribution in [0.2, 0.25) is 0 Å². The number of nitrogens with zero attached hydrogens (tertiary/aromatic N) is 1. The van der Waals surface area contributed by atoms with E-state index in [9.17, 15) is 21.6 Å². The van der Waals surface area contributed by atoms with Crippen molar-refractivity contribution >= 4 is 15.9 Å². The lowest BCUT2D eigenvalue weighted by Crippen LogP contribution is -2.25. The standard InChI is InChI=1S/C12H13F3N2O3S/c1-8(6-20-7-12(13,14)15)16-11-9-4-2-3-5-10(9)21(18,19)17-11/h2-5,8H,6-7H2,1H3,(H,16,17)/t8-/m1/s1. The maximum absolute atomic E-state index is 12.0. The number of alkyl halides is 3. The highest BCUT2D eigenvalue weighted by molar-refractivity contribution is 7.90. The van der Waals surface area contributed by atoms with E-state index in [1.807, 2.05) is 0 Å². The summed E-state index contributed by atoms with van der Waals surface area (Å²) in [4.78, 5) is 4.17. The average Bonchev–Trinajstić information content (AvgIpc) is 2.60. The molecular weight excluding hydrogens is 309 g/mol. The molecule has 0 saturated carbocycles. The maximum Gasteiger partial charge on any atom is 0.411 e. The predicted molar refractivity (Wildman–Crippen MR) is 69.6 cm³/mol.